The maximum absolute atomic E-state index is 14.6. The highest BCUT2D eigenvalue weighted by Gasteiger charge is 2.27. The van der Waals surface area contributed by atoms with Crippen LogP contribution in [0.15, 0.2) is 22.7 Å². The summed E-state index contributed by atoms with van der Waals surface area (Å²) < 4.78 is 25.5. The summed E-state index contributed by atoms with van der Waals surface area (Å²) in [5.41, 5.74) is 0.993. The zero-order valence-corrected chi connectivity index (χ0v) is 18.2. The van der Waals surface area contributed by atoms with Gasteiger partial charge in [0.15, 0.2) is 11.6 Å². The largest absolute Gasteiger partial charge is 0.381 e. The number of aromatic nitrogens is 3. The van der Waals surface area contributed by atoms with E-state index in [-0.39, 0.29) is 0 Å². The molecule has 0 atom stereocenters. The normalized spacial score (nSPS) is 18.7. The zero-order chi connectivity index (χ0) is 21.4. The highest BCUT2D eigenvalue weighted by atomic mass is 35.5. The summed E-state index contributed by atoms with van der Waals surface area (Å²) in [5, 5.41) is 8.63. The number of halogens is 2. The third-order valence-electron chi connectivity index (χ3n) is 6.06. The molecule has 2 aromatic heterocycles. The van der Waals surface area contributed by atoms with Crippen LogP contribution in [-0.4, -0.2) is 53.5 Å². The van der Waals surface area contributed by atoms with E-state index in [0.717, 1.165) is 52.0 Å². The molecular formula is C22H25ClFN5O2. The molecule has 2 fully saturated rings. The smallest absolute Gasteiger partial charge is 0.261 e. The molecule has 164 valence electrons. The predicted molar refractivity (Wildman–Crippen MR) is 117 cm³/mol. The third kappa shape index (κ3) is 4.37. The number of hydrogen-bond donors (Lipinski definition) is 1. The van der Waals surface area contributed by atoms with E-state index in [2.05, 4.69) is 20.4 Å². The summed E-state index contributed by atoms with van der Waals surface area (Å²) in [6, 6.07) is 5.82. The average molecular weight is 446 g/mol. The molecule has 0 bridgehead atoms. The van der Waals surface area contributed by atoms with Gasteiger partial charge in [0, 0.05) is 48.8 Å². The van der Waals surface area contributed by atoms with Crippen molar-refractivity contribution < 1.29 is 13.7 Å². The van der Waals surface area contributed by atoms with Gasteiger partial charge in [0.2, 0.25) is 0 Å². The van der Waals surface area contributed by atoms with Gasteiger partial charge < -0.3 is 19.5 Å². The first-order valence-electron chi connectivity index (χ1n) is 10.8. The van der Waals surface area contributed by atoms with Crippen molar-refractivity contribution >= 4 is 28.3 Å². The molecule has 3 aromatic rings. The fourth-order valence-corrected chi connectivity index (χ4v) is 4.67. The molecule has 2 aliphatic rings. The van der Waals surface area contributed by atoms with E-state index >= 15 is 0 Å². The second-order valence-corrected chi connectivity index (χ2v) is 8.72. The Kier molecular flexibility index (Phi) is 5.77. The average Bonchev–Trinajstić information content (AvgIpc) is 3.20. The van der Waals surface area contributed by atoms with Crippen molar-refractivity contribution in [1.82, 2.24) is 20.4 Å². The first-order chi connectivity index (χ1) is 15.1. The molecular weight excluding hydrogens is 421 g/mol. The number of piperidine rings is 1. The fraction of sp³-hybridized carbons (Fsp3) is 0.500. The summed E-state index contributed by atoms with van der Waals surface area (Å²) in [4.78, 5) is 11.3. The number of aryl methyl sites for hydroxylation is 1. The van der Waals surface area contributed by atoms with Gasteiger partial charge in [-0.25, -0.2) is 9.37 Å². The van der Waals surface area contributed by atoms with Crippen LogP contribution in [-0.2, 0) is 4.74 Å². The molecule has 1 aromatic carbocycles. The van der Waals surface area contributed by atoms with Crippen LogP contribution in [0.4, 0.5) is 10.2 Å². The van der Waals surface area contributed by atoms with E-state index in [1.807, 2.05) is 6.07 Å². The molecule has 2 aliphatic heterocycles. The van der Waals surface area contributed by atoms with Crippen LogP contribution < -0.4 is 10.2 Å². The van der Waals surface area contributed by atoms with Gasteiger partial charge in [-0.1, -0.05) is 16.8 Å². The predicted octanol–water partition coefficient (Wildman–Crippen LogP) is 4.12. The van der Waals surface area contributed by atoms with E-state index in [4.69, 9.17) is 25.8 Å². The number of nitrogens with one attached hydrogen (secondary N) is 1. The lowest BCUT2D eigenvalue weighted by Gasteiger charge is -2.36. The minimum atomic E-state index is -0.437. The zero-order valence-electron chi connectivity index (χ0n) is 17.4. The summed E-state index contributed by atoms with van der Waals surface area (Å²) in [5.74, 6) is 1.15. The summed E-state index contributed by atoms with van der Waals surface area (Å²) in [6.07, 6.45) is 4.11. The fourth-order valence-electron chi connectivity index (χ4n) is 4.46. The highest BCUT2D eigenvalue weighted by molar-refractivity contribution is 6.31. The van der Waals surface area contributed by atoms with E-state index in [9.17, 15) is 4.39 Å². The van der Waals surface area contributed by atoms with Crippen LogP contribution in [0.1, 0.15) is 31.5 Å². The van der Waals surface area contributed by atoms with Crippen molar-refractivity contribution in [3.63, 3.8) is 0 Å². The molecule has 0 radical (unpaired) electrons. The van der Waals surface area contributed by atoms with Gasteiger partial charge in [0.1, 0.15) is 11.3 Å². The molecule has 1 N–H and O–H groups in total. The SMILES string of the molecule is Cc1noc(-c2cc3cc(Cl)cc(F)c3nc2N2CCC(NC3CCOCC3)CC2)n1. The quantitative estimate of drug-likeness (QED) is 0.647. The molecule has 0 aliphatic carbocycles. The first-order valence-corrected chi connectivity index (χ1v) is 11.1. The highest BCUT2D eigenvalue weighted by Crippen LogP contribution is 2.35. The maximum Gasteiger partial charge on any atom is 0.261 e. The van der Waals surface area contributed by atoms with Crippen molar-refractivity contribution in [2.45, 2.75) is 44.7 Å². The van der Waals surface area contributed by atoms with Crippen LogP contribution in [0.25, 0.3) is 22.4 Å². The van der Waals surface area contributed by atoms with Gasteiger partial charge in [-0.05, 0) is 50.8 Å². The molecule has 0 unspecified atom stereocenters. The van der Waals surface area contributed by atoms with Crippen LogP contribution in [0, 0.1) is 12.7 Å². The van der Waals surface area contributed by atoms with Crippen molar-refractivity contribution in [3.8, 4) is 11.5 Å². The summed E-state index contributed by atoms with van der Waals surface area (Å²) in [7, 11) is 0. The van der Waals surface area contributed by atoms with Gasteiger partial charge in [-0.3, -0.25) is 0 Å². The molecule has 4 heterocycles. The molecule has 0 amide bonds. The van der Waals surface area contributed by atoms with Gasteiger partial charge in [-0.2, -0.15) is 4.98 Å². The van der Waals surface area contributed by atoms with Crippen LogP contribution >= 0.6 is 11.6 Å². The molecule has 0 spiro atoms. The molecule has 7 nitrogen and oxygen atoms in total. The Balaban J connectivity index is 1.43. The molecule has 0 saturated carbocycles. The number of nitrogens with zero attached hydrogens (tertiary/aromatic N) is 4. The van der Waals surface area contributed by atoms with Gasteiger partial charge in [0.25, 0.3) is 5.89 Å². The summed E-state index contributed by atoms with van der Waals surface area (Å²) in [6.45, 7) is 5.06. The molecule has 31 heavy (non-hydrogen) atoms. The lowest BCUT2D eigenvalue weighted by Crippen LogP contribution is -2.48. The minimum Gasteiger partial charge on any atom is -0.381 e. The molecule has 5 rings (SSSR count). The second kappa shape index (κ2) is 8.68. The molecule has 9 heteroatoms. The van der Waals surface area contributed by atoms with Gasteiger partial charge in [0.05, 0.1) is 5.56 Å². The van der Waals surface area contributed by atoms with Crippen molar-refractivity contribution in [1.29, 1.82) is 0 Å². The minimum absolute atomic E-state index is 0.293. The van der Waals surface area contributed by atoms with Crippen molar-refractivity contribution in [2.75, 3.05) is 31.2 Å². The standard InChI is InChI=1S/C22H25ClFN5O2/c1-13-25-22(31-28-13)18-11-14-10-15(23)12-19(24)20(14)27-21(18)29-6-2-16(3-7-29)26-17-4-8-30-9-5-17/h10-12,16-17,26H,2-9H2,1H3. The Labute approximate surface area is 184 Å². The number of hydrogen-bond acceptors (Lipinski definition) is 7. The second-order valence-electron chi connectivity index (χ2n) is 8.28. The third-order valence-corrected chi connectivity index (χ3v) is 6.28. The van der Waals surface area contributed by atoms with E-state index < -0.39 is 5.82 Å². The van der Waals surface area contributed by atoms with Gasteiger partial charge >= 0.3 is 0 Å². The van der Waals surface area contributed by atoms with E-state index in [1.165, 1.54) is 6.07 Å². The topological polar surface area (TPSA) is 76.3 Å². The number of benzene rings is 1. The van der Waals surface area contributed by atoms with Crippen LogP contribution in [0.5, 0.6) is 0 Å². The summed E-state index contributed by atoms with van der Waals surface area (Å²) >= 11 is 6.07. The number of ether oxygens (including phenoxy) is 1. The number of pyridine rings is 1. The Morgan fingerprint density at radius 3 is 2.52 bits per heavy atom. The maximum atomic E-state index is 14.6. The van der Waals surface area contributed by atoms with E-state index in [1.54, 1.807) is 13.0 Å². The van der Waals surface area contributed by atoms with Gasteiger partial charge in [-0.15, -0.1) is 0 Å². The lowest BCUT2D eigenvalue weighted by atomic mass is 10.0. The Bertz CT molecular complexity index is 1080. The van der Waals surface area contributed by atoms with Crippen molar-refractivity contribution in [3.05, 3.63) is 34.9 Å². The Morgan fingerprint density at radius 1 is 1.06 bits per heavy atom. The number of fused-ring (bicyclic) bond motifs is 1. The van der Waals surface area contributed by atoms with Crippen LogP contribution in [0.2, 0.25) is 5.02 Å². The number of anilines is 1. The van der Waals surface area contributed by atoms with Crippen LogP contribution in [0.3, 0.4) is 0 Å². The van der Waals surface area contributed by atoms with Crippen molar-refractivity contribution in [2.24, 2.45) is 0 Å². The molecule has 2 saturated heterocycles. The lowest BCUT2D eigenvalue weighted by molar-refractivity contribution is 0.0738. The first kappa shape index (κ1) is 20.6. The Morgan fingerprint density at radius 2 is 1.81 bits per heavy atom. The number of rotatable bonds is 4. The Hall–Kier alpha value is -2.29. The monoisotopic (exact) mass is 445 g/mol. The van der Waals surface area contributed by atoms with E-state index in [0.29, 0.717) is 51.1 Å².